The van der Waals surface area contributed by atoms with Crippen molar-refractivity contribution in [2.24, 2.45) is 0 Å². The molecule has 0 saturated heterocycles. The fraction of sp³-hybridized carbons (Fsp3) is 0.222. The van der Waals surface area contributed by atoms with Gasteiger partial charge in [0.15, 0.2) is 6.10 Å². The van der Waals surface area contributed by atoms with Crippen molar-refractivity contribution in [2.45, 2.75) is 26.4 Å². The van der Waals surface area contributed by atoms with E-state index in [-0.39, 0.29) is 12.3 Å². The maximum Gasteiger partial charge on any atom is 0.311 e. The zero-order valence-electron chi connectivity index (χ0n) is 13.0. The highest BCUT2D eigenvalue weighted by Crippen LogP contribution is 2.16. The van der Waals surface area contributed by atoms with E-state index in [0.717, 1.165) is 5.56 Å². The standard InChI is InChI=1S/C18H18ClNO3/c1-12-7-9-15(10-8-12)20-18(22)13(2)23-17(21)11-14-5-3-4-6-16(14)19/h3-10,13H,11H2,1-2H3,(H,20,22). The molecule has 5 heteroatoms. The van der Waals surface area contributed by atoms with Crippen LogP contribution in [0.25, 0.3) is 0 Å². The molecule has 1 unspecified atom stereocenters. The Balaban J connectivity index is 1.89. The number of anilines is 1. The Morgan fingerprint density at radius 3 is 2.43 bits per heavy atom. The summed E-state index contributed by atoms with van der Waals surface area (Å²) >= 11 is 6.00. The number of hydrogen-bond acceptors (Lipinski definition) is 3. The molecule has 2 aromatic carbocycles. The molecule has 0 heterocycles. The SMILES string of the molecule is Cc1ccc(NC(=O)C(C)OC(=O)Cc2ccccc2Cl)cc1. The molecule has 0 spiro atoms. The number of carbonyl (C=O) groups excluding carboxylic acids is 2. The minimum atomic E-state index is -0.883. The summed E-state index contributed by atoms with van der Waals surface area (Å²) < 4.78 is 5.16. The molecule has 2 rings (SSSR count). The summed E-state index contributed by atoms with van der Waals surface area (Å²) in [5, 5.41) is 3.21. The van der Waals surface area contributed by atoms with Crippen LogP contribution in [-0.2, 0) is 20.7 Å². The second kappa shape index (κ2) is 7.79. The van der Waals surface area contributed by atoms with Crippen LogP contribution in [0, 0.1) is 6.92 Å². The summed E-state index contributed by atoms with van der Waals surface area (Å²) in [5.74, 6) is -0.869. The Kier molecular flexibility index (Phi) is 5.77. The predicted octanol–water partition coefficient (Wildman–Crippen LogP) is 3.76. The monoisotopic (exact) mass is 331 g/mol. The van der Waals surface area contributed by atoms with Gasteiger partial charge in [-0.3, -0.25) is 9.59 Å². The molecule has 0 aromatic heterocycles. The van der Waals surface area contributed by atoms with E-state index in [4.69, 9.17) is 16.3 Å². The molecule has 2 aromatic rings. The highest BCUT2D eigenvalue weighted by molar-refractivity contribution is 6.31. The van der Waals surface area contributed by atoms with E-state index in [2.05, 4.69) is 5.32 Å². The van der Waals surface area contributed by atoms with Crippen LogP contribution < -0.4 is 5.32 Å². The first-order valence-corrected chi connectivity index (χ1v) is 7.64. The van der Waals surface area contributed by atoms with Gasteiger partial charge in [0.1, 0.15) is 0 Å². The first-order valence-electron chi connectivity index (χ1n) is 7.26. The van der Waals surface area contributed by atoms with Gasteiger partial charge in [0, 0.05) is 10.7 Å². The van der Waals surface area contributed by atoms with E-state index < -0.39 is 12.1 Å². The average molecular weight is 332 g/mol. The van der Waals surface area contributed by atoms with Crippen molar-refractivity contribution in [2.75, 3.05) is 5.32 Å². The van der Waals surface area contributed by atoms with Crippen molar-refractivity contribution >= 4 is 29.2 Å². The maximum absolute atomic E-state index is 12.0. The lowest BCUT2D eigenvalue weighted by molar-refractivity contribution is -0.152. The number of carbonyl (C=O) groups is 2. The molecule has 0 aliphatic rings. The molecular weight excluding hydrogens is 314 g/mol. The minimum Gasteiger partial charge on any atom is -0.452 e. The molecule has 0 radical (unpaired) electrons. The molecule has 4 nitrogen and oxygen atoms in total. The van der Waals surface area contributed by atoms with Crippen LogP contribution in [0.15, 0.2) is 48.5 Å². The van der Waals surface area contributed by atoms with Crippen LogP contribution in [0.1, 0.15) is 18.1 Å². The summed E-state index contributed by atoms with van der Waals surface area (Å²) in [6, 6.07) is 14.4. The number of aryl methyl sites for hydroxylation is 1. The molecule has 120 valence electrons. The van der Waals surface area contributed by atoms with Gasteiger partial charge in [-0.05, 0) is 37.6 Å². The fourth-order valence-corrected chi connectivity index (χ4v) is 2.17. The number of esters is 1. The van der Waals surface area contributed by atoms with E-state index in [1.807, 2.05) is 19.1 Å². The first kappa shape index (κ1) is 17.0. The molecule has 23 heavy (non-hydrogen) atoms. The number of amides is 1. The highest BCUT2D eigenvalue weighted by Gasteiger charge is 2.18. The Morgan fingerprint density at radius 2 is 1.78 bits per heavy atom. The number of halogens is 1. The zero-order chi connectivity index (χ0) is 16.8. The van der Waals surface area contributed by atoms with Gasteiger partial charge in [-0.25, -0.2) is 0 Å². The molecule has 1 atom stereocenters. The Labute approximate surface area is 140 Å². The van der Waals surface area contributed by atoms with Crippen LogP contribution in [0.4, 0.5) is 5.69 Å². The average Bonchev–Trinajstić information content (AvgIpc) is 2.51. The summed E-state index contributed by atoms with van der Waals surface area (Å²) in [4.78, 5) is 24.0. The summed E-state index contributed by atoms with van der Waals surface area (Å²) in [6.45, 7) is 3.50. The third-order valence-corrected chi connectivity index (χ3v) is 3.66. The van der Waals surface area contributed by atoms with Crippen LogP contribution in [-0.4, -0.2) is 18.0 Å². The first-order chi connectivity index (χ1) is 11.0. The van der Waals surface area contributed by atoms with Crippen molar-refractivity contribution in [1.82, 2.24) is 0 Å². The third-order valence-electron chi connectivity index (χ3n) is 3.29. The molecule has 0 saturated carbocycles. The van der Waals surface area contributed by atoms with E-state index in [1.165, 1.54) is 6.92 Å². The van der Waals surface area contributed by atoms with Crippen LogP contribution in [0.2, 0.25) is 5.02 Å². The van der Waals surface area contributed by atoms with E-state index in [1.54, 1.807) is 36.4 Å². The van der Waals surface area contributed by atoms with E-state index >= 15 is 0 Å². The molecule has 1 N–H and O–H groups in total. The Bertz CT molecular complexity index is 698. The van der Waals surface area contributed by atoms with Crippen molar-refractivity contribution in [1.29, 1.82) is 0 Å². The summed E-state index contributed by atoms with van der Waals surface area (Å²) in [5.41, 5.74) is 2.43. The number of nitrogens with one attached hydrogen (secondary N) is 1. The minimum absolute atomic E-state index is 0.0296. The second-order valence-electron chi connectivity index (χ2n) is 5.26. The Morgan fingerprint density at radius 1 is 1.13 bits per heavy atom. The van der Waals surface area contributed by atoms with Gasteiger partial charge in [-0.15, -0.1) is 0 Å². The quantitative estimate of drug-likeness (QED) is 0.849. The van der Waals surface area contributed by atoms with Crippen molar-refractivity contribution in [3.05, 3.63) is 64.7 Å². The van der Waals surface area contributed by atoms with Gasteiger partial charge in [0.05, 0.1) is 6.42 Å². The number of benzene rings is 2. The lowest BCUT2D eigenvalue weighted by Crippen LogP contribution is -2.30. The van der Waals surface area contributed by atoms with Crippen molar-refractivity contribution in [3.8, 4) is 0 Å². The lowest BCUT2D eigenvalue weighted by Gasteiger charge is -2.14. The van der Waals surface area contributed by atoms with Crippen LogP contribution in [0.3, 0.4) is 0 Å². The van der Waals surface area contributed by atoms with Crippen molar-refractivity contribution in [3.63, 3.8) is 0 Å². The van der Waals surface area contributed by atoms with Crippen LogP contribution in [0.5, 0.6) is 0 Å². The van der Waals surface area contributed by atoms with Gasteiger partial charge >= 0.3 is 5.97 Å². The van der Waals surface area contributed by atoms with E-state index in [9.17, 15) is 9.59 Å². The number of hydrogen-bond donors (Lipinski definition) is 1. The third kappa shape index (κ3) is 5.11. The summed E-state index contributed by atoms with van der Waals surface area (Å²) in [6.07, 6.45) is -0.853. The highest BCUT2D eigenvalue weighted by atomic mass is 35.5. The van der Waals surface area contributed by atoms with Gasteiger partial charge in [0.25, 0.3) is 5.91 Å². The molecule has 0 bridgehead atoms. The largest absolute Gasteiger partial charge is 0.452 e. The van der Waals surface area contributed by atoms with Gasteiger partial charge in [-0.2, -0.15) is 0 Å². The smallest absolute Gasteiger partial charge is 0.311 e. The predicted molar refractivity (Wildman–Crippen MR) is 90.5 cm³/mol. The normalized spacial score (nSPS) is 11.6. The lowest BCUT2D eigenvalue weighted by atomic mass is 10.1. The Hall–Kier alpha value is -2.33. The molecule has 0 aliphatic heterocycles. The van der Waals surface area contributed by atoms with Crippen molar-refractivity contribution < 1.29 is 14.3 Å². The maximum atomic E-state index is 12.0. The fourth-order valence-electron chi connectivity index (χ4n) is 1.97. The second-order valence-corrected chi connectivity index (χ2v) is 5.66. The number of ether oxygens (including phenoxy) is 1. The van der Waals surface area contributed by atoms with Crippen LogP contribution >= 0.6 is 11.6 Å². The van der Waals surface area contributed by atoms with Gasteiger partial charge < -0.3 is 10.1 Å². The van der Waals surface area contributed by atoms with Gasteiger partial charge in [0.2, 0.25) is 0 Å². The molecule has 0 aliphatic carbocycles. The molecular formula is C18H18ClNO3. The summed E-state index contributed by atoms with van der Waals surface area (Å²) in [7, 11) is 0. The molecule has 1 amide bonds. The topological polar surface area (TPSA) is 55.4 Å². The van der Waals surface area contributed by atoms with E-state index in [0.29, 0.717) is 16.3 Å². The van der Waals surface area contributed by atoms with Gasteiger partial charge in [-0.1, -0.05) is 47.5 Å². The molecule has 0 fully saturated rings. The number of rotatable bonds is 5. The zero-order valence-corrected chi connectivity index (χ0v) is 13.8.